The molecule has 1 aromatic heterocycles. The van der Waals surface area contributed by atoms with Gasteiger partial charge in [-0.2, -0.15) is 4.98 Å². The molecule has 1 aliphatic rings. The maximum Gasteiger partial charge on any atom is 0.350 e. The predicted molar refractivity (Wildman–Crippen MR) is 61.4 cm³/mol. The largest absolute Gasteiger partial charge is 0.395 e. The number of rotatable bonds is 2. The number of hydrogen-bond donors (Lipinski definition) is 3. The van der Waals surface area contributed by atoms with Gasteiger partial charge in [0.25, 0.3) is 0 Å². The lowest BCUT2D eigenvalue weighted by Gasteiger charge is -2.22. The Morgan fingerprint density at radius 2 is 2.28 bits per heavy atom. The van der Waals surface area contributed by atoms with Crippen LogP contribution >= 0.6 is 11.8 Å². The summed E-state index contributed by atoms with van der Waals surface area (Å²) >= 11 is 0.631. The molecule has 4 N–H and O–H groups in total. The van der Waals surface area contributed by atoms with E-state index in [2.05, 4.69) is 4.98 Å². The van der Waals surface area contributed by atoms with Crippen molar-refractivity contribution in [3.05, 3.63) is 22.7 Å². The van der Waals surface area contributed by atoms with Crippen LogP contribution in [0.4, 0.5) is 14.6 Å². The second-order valence-electron chi connectivity index (χ2n) is 3.87. The molecule has 2 rings (SSSR count). The fraction of sp³-hybridized carbons (Fsp3) is 0.556. The number of nitrogens with zero attached hydrogens (tertiary/aromatic N) is 2. The summed E-state index contributed by atoms with van der Waals surface area (Å²) in [5, 5.41) is 15.7. The van der Waals surface area contributed by atoms with E-state index in [4.69, 9.17) is 10.8 Å². The maximum absolute atomic E-state index is 13.8. The summed E-state index contributed by atoms with van der Waals surface area (Å²) in [4.78, 5) is 14.9. The van der Waals surface area contributed by atoms with Gasteiger partial charge in [0.1, 0.15) is 11.9 Å². The van der Waals surface area contributed by atoms with Crippen LogP contribution in [0.3, 0.4) is 0 Å². The highest BCUT2D eigenvalue weighted by molar-refractivity contribution is 8.00. The van der Waals surface area contributed by atoms with E-state index >= 15 is 0 Å². The highest BCUT2D eigenvalue weighted by atomic mass is 32.2. The molecule has 0 spiro atoms. The van der Waals surface area contributed by atoms with Crippen LogP contribution in [-0.2, 0) is 0 Å². The standard InChI is InChI=1S/C9H11F2N3O3S/c10-9(11)6(16)4(3-15)18-7(9)14-2-1-5(12)13-8(14)17/h1-2,4,6-7,15-16H,3H2,(H2,12,13,17)/t4?,6-,7?/m1/s1. The normalized spacial score (nSPS) is 30.6. The molecule has 0 aromatic carbocycles. The van der Waals surface area contributed by atoms with Gasteiger partial charge in [0.15, 0.2) is 5.37 Å². The zero-order chi connectivity index (χ0) is 13.5. The fourth-order valence-corrected chi connectivity index (χ4v) is 3.08. The lowest BCUT2D eigenvalue weighted by molar-refractivity contribution is -0.114. The average molecular weight is 279 g/mol. The summed E-state index contributed by atoms with van der Waals surface area (Å²) in [6.07, 6.45) is -0.912. The van der Waals surface area contributed by atoms with Gasteiger partial charge in [-0.15, -0.1) is 11.8 Å². The number of aliphatic hydroxyl groups excluding tert-OH is 2. The number of hydrogen-bond acceptors (Lipinski definition) is 6. The van der Waals surface area contributed by atoms with Gasteiger partial charge in [0.2, 0.25) is 0 Å². The molecule has 6 nitrogen and oxygen atoms in total. The van der Waals surface area contributed by atoms with Crippen molar-refractivity contribution in [1.82, 2.24) is 9.55 Å². The second kappa shape index (κ2) is 4.48. The van der Waals surface area contributed by atoms with Crippen molar-refractivity contribution in [2.24, 2.45) is 0 Å². The second-order valence-corrected chi connectivity index (χ2v) is 5.20. The van der Waals surface area contributed by atoms with Gasteiger partial charge in [-0.1, -0.05) is 0 Å². The van der Waals surface area contributed by atoms with Crippen LogP contribution in [0.5, 0.6) is 0 Å². The van der Waals surface area contributed by atoms with E-state index in [1.165, 1.54) is 6.07 Å². The van der Waals surface area contributed by atoms with E-state index in [1.807, 2.05) is 0 Å². The van der Waals surface area contributed by atoms with E-state index < -0.39 is 34.9 Å². The first-order chi connectivity index (χ1) is 8.37. The molecule has 100 valence electrons. The first kappa shape index (κ1) is 13.2. The number of nitrogens with two attached hydrogens (primary N) is 1. The van der Waals surface area contributed by atoms with E-state index in [1.54, 1.807) is 0 Å². The maximum atomic E-state index is 13.8. The highest BCUT2D eigenvalue weighted by Gasteiger charge is 2.58. The Morgan fingerprint density at radius 1 is 1.61 bits per heavy atom. The van der Waals surface area contributed by atoms with Gasteiger partial charge in [0, 0.05) is 6.20 Å². The minimum atomic E-state index is -3.53. The lowest BCUT2D eigenvalue weighted by Crippen LogP contribution is -2.41. The molecule has 1 saturated heterocycles. The number of anilines is 1. The quantitative estimate of drug-likeness (QED) is 0.670. The fourth-order valence-electron chi connectivity index (χ4n) is 1.72. The molecule has 0 amide bonds. The summed E-state index contributed by atoms with van der Waals surface area (Å²) in [6, 6.07) is 1.22. The third kappa shape index (κ3) is 1.98. The zero-order valence-corrected chi connectivity index (χ0v) is 9.85. The Bertz CT molecular complexity index is 510. The summed E-state index contributed by atoms with van der Waals surface area (Å²) < 4.78 is 28.3. The van der Waals surface area contributed by atoms with E-state index in [9.17, 15) is 18.7 Å². The molecular formula is C9H11F2N3O3S. The van der Waals surface area contributed by atoms with Crippen molar-refractivity contribution in [3.63, 3.8) is 0 Å². The Labute approximate surface area is 104 Å². The van der Waals surface area contributed by atoms with Crippen molar-refractivity contribution in [1.29, 1.82) is 0 Å². The topological polar surface area (TPSA) is 101 Å². The minimum Gasteiger partial charge on any atom is -0.395 e. The van der Waals surface area contributed by atoms with Crippen LogP contribution in [0.2, 0.25) is 0 Å². The van der Waals surface area contributed by atoms with Gasteiger partial charge in [-0.25, -0.2) is 13.6 Å². The molecule has 1 fully saturated rings. The number of aromatic nitrogens is 2. The monoisotopic (exact) mass is 279 g/mol. The summed E-state index contributed by atoms with van der Waals surface area (Å²) in [5.74, 6) is -3.60. The van der Waals surface area contributed by atoms with E-state index in [0.29, 0.717) is 16.3 Å². The van der Waals surface area contributed by atoms with Gasteiger partial charge in [-0.3, -0.25) is 4.57 Å². The number of alkyl halides is 2. The SMILES string of the molecule is Nc1ccn(C2SC(CO)[C@@H](O)C2(F)F)c(=O)n1. The Morgan fingerprint density at radius 3 is 2.78 bits per heavy atom. The molecule has 0 saturated carbocycles. The number of nitrogen functional groups attached to an aromatic ring is 1. The Hall–Kier alpha value is -1.19. The van der Waals surface area contributed by atoms with Crippen LogP contribution in [0.25, 0.3) is 0 Å². The summed E-state index contributed by atoms with van der Waals surface area (Å²) in [6.45, 7) is -0.602. The molecule has 3 atom stereocenters. The molecule has 0 aliphatic carbocycles. The summed E-state index contributed by atoms with van der Waals surface area (Å²) in [5.41, 5.74) is 4.35. The van der Waals surface area contributed by atoms with Crippen molar-refractivity contribution in [2.75, 3.05) is 12.3 Å². The smallest absolute Gasteiger partial charge is 0.350 e. The summed E-state index contributed by atoms with van der Waals surface area (Å²) in [7, 11) is 0. The van der Waals surface area contributed by atoms with E-state index in [-0.39, 0.29) is 5.82 Å². The van der Waals surface area contributed by atoms with Gasteiger partial charge < -0.3 is 15.9 Å². The van der Waals surface area contributed by atoms with Crippen LogP contribution in [0.1, 0.15) is 5.37 Å². The molecule has 2 heterocycles. The van der Waals surface area contributed by atoms with Crippen LogP contribution in [-0.4, -0.2) is 43.6 Å². The Balaban J connectivity index is 2.42. The van der Waals surface area contributed by atoms with E-state index in [0.717, 1.165) is 6.20 Å². The van der Waals surface area contributed by atoms with Crippen molar-refractivity contribution in [2.45, 2.75) is 22.7 Å². The Kier molecular flexibility index (Phi) is 3.30. The molecule has 0 bridgehead atoms. The van der Waals surface area contributed by atoms with Crippen LogP contribution < -0.4 is 11.4 Å². The molecule has 0 radical (unpaired) electrons. The number of thioether (sulfide) groups is 1. The van der Waals surface area contributed by atoms with Crippen molar-refractivity contribution in [3.8, 4) is 0 Å². The predicted octanol–water partition coefficient (Wildman–Crippen LogP) is -0.572. The molecular weight excluding hydrogens is 268 g/mol. The van der Waals surface area contributed by atoms with Crippen molar-refractivity contribution < 1.29 is 19.0 Å². The van der Waals surface area contributed by atoms with Crippen molar-refractivity contribution >= 4 is 17.6 Å². The van der Waals surface area contributed by atoms with Gasteiger partial charge >= 0.3 is 11.6 Å². The minimum absolute atomic E-state index is 0.0678. The first-order valence-corrected chi connectivity index (χ1v) is 5.99. The van der Waals surface area contributed by atoms with Crippen LogP contribution in [0.15, 0.2) is 17.1 Å². The van der Waals surface area contributed by atoms with Crippen LogP contribution in [0, 0.1) is 0 Å². The molecule has 18 heavy (non-hydrogen) atoms. The van der Waals surface area contributed by atoms with Gasteiger partial charge in [0.05, 0.1) is 11.9 Å². The number of aliphatic hydroxyl groups is 2. The lowest BCUT2D eigenvalue weighted by atomic mass is 10.1. The molecule has 2 unspecified atom stereocenters. The molecule has 9 heteroatoms. The van der Waals surface area contributed by atoms with Gasteiger partial charge in [-0.05, 0) is 6.07 Å². The first-order valence-electron chi connectivity index (χ1n) is 5.04. The average Bonchev–Trinajstić information content (AvgIpc) is 2.52. The highest BCUT2D eigenvalue weighted by Crippen LogP contribution is 2.51. The number of halogens is 2. The third-order valence-electron chi connectivity index (χ3n) is 2.66. The molecule has 1 aliphatic heterocycles. The molecule has 1 aromatic rings. The third-order valence-corrected chi connectivity index (χ3v) is 4.22. The zero-order valence-electron chi connectivity index (χ0n) is 9.03.